The summed E-state index contributed by atoms with van der Waals surface area (Å²) in [5.74, 6) is -0.199. The van der Waals surface area contributed by atoms with Crippen LogP contribution in [0.25, 0.3) is 0 Å². The van der Waals surface area contributed by atoms with Crippen molar-refractivity contribution in [3.8, 4) is 0 Å². The molecule has 4 heteroatoms. The number of halogens is 1. The van der Waals surface area contributed by atoms with Gasteiger partial charge in [-0.25, -0.2) is 0 Å². The highest BCUT2D eigenvalue weighted by atomic mass is 35.5. The van der Waals surface area contributed by atoms with Crippen LogP contribution in [0.2, 0.25) is 0 Å². The van der Waals surface area contributed by atoms with Gasteiger partial charge in [0.15, 0.2) is 5.78 Å². The number of ketones is 1. The molecule has 0 radical (unpaired) electrons. The molecule has 0 aromatic heterocycles. The van der Waals surface area contributed by atoms with Crippen LogP contribution in [0.4, 0.5) is 0 Å². The lowest BCUT2D eigenvalue weighted by molar-refractivity contribution is -0.125. The first-order chi connectivity index (χ1) is 5.40. The van der Waals surface area contributed by atoms with E-state index < -0.39 is 5.41 Å². The fourth-order valence-corrected chi connectivity index (χ4v) is 0.987. The summed E-state index contributed by atoms with van der Waals surface area (Å²) < 4.78 is 0. The summed E-state index contributed by atoms with van der Waals surface area (Å²) in [7, 11) is 0. The Morgan fingerprint density at radius 2 is 1.92 bits per heavy atom. The molecule has 0 saturated heterocycles. The molecule has 0 aliphatic rings. The molecule has 0 aromatic rings. The van der Waals surface area contributed by atoms with Crippen LogP contribution in [0, 0.1) is 5.41 Å². The minimum Gasteiger partial charge on any atom is -0.355 e. The SMILES string of the molecule is CC(=O)NCC(C)(C)C(=O)CCl. The predicted molar refractivity (Wildman–Crippen MR) is 48.2 cm³/mol. The third kappa shape index (κ3) is 3.72. The molecule has 1 amide bonds. The molecular formula is C8H14ClNO2. The van der Waals surface area contributed by atoms with Gasteiger partial charge >= 0.3 is 0 Å². The molecule has 0 rings (SSSR count). The van der Waals surface area contributed by atoms with Crippen LogP contribution in [-0.4, -0.2) is 24.1 Å². The Kier molecular flexibility index (Phi) is 4.24. The Morgan fingerprint density at radius 3 is 2.25 bits per heavy atom. The molecule has 0 aromatic carbocycles. The first kappa shape index (κ1) is 11.4. The molecule has 0 spiro atoms. The van der Waals surface area contributed by atoms with Crippen LogP contribution in [0.1, 0.15) is 20.8 Å². The Balaban J connectivity index is 4.03. The molecule has 0 aliphatic heterocycles. The quantitative estimate of drug-likeness (QED) is 0.673. The normalized spacial score (nSPS) is 11.0. The number of carbonyl (C=O) groups excluding carboxylic acids is 2. The standard InChI is InChI=1S/C8H14ClNO2/c1-6(11)10-5-8(2,3)7(12)4-9/h4-5H2,1-3H3,(H,10,11). The largest absolute Gasteiger partial charge is 0.355 e. The van der Waals surface area contributed by atoms with Crippen molar-refractivity contribution >= 4 is 23.3 Å². The maximum Gasteiger partial charge on any atom is 0.216 e. The summed E-state index contributed by atoms with van der Waals surface area (Å²) in [6.07, 6.45) is 0. The molecular weight excluding hydrogens is 178 g/mol. The topological polar surface area (TPSA) is 46.2 Å². The van der Waals surface area contributed by atoms with Gasteiger partial charge in [-0.05, 0) is 0 Å². The number of nitrogens with one attached hydrogen (secondary N) is 1. The van der Waals surface area contributed by atoms with Crippen LogP contribution in [0.15, 0.2) is 0 Å². The fraction of sp³-hybridized carbons (Fsp3) is 0.750. The predicted octanol–water partition coefficient (Wildman–Crippen LogP) is 0.957. The van der Waals surface area contributed by atoms with Crippen molar-refractivity contribution in [2.75, 3.05) is 12.4 Å². The fourth-order valence-electron chi connectivity index (χ4n) is 0.625. The average Bonchev–Trinajstić information content (AvgIpc) is 1.99. The number of carbonyl (C=O) groups is 2. The summed E-state index contributed by atoms with van der Waals surface area (Å²) in [6.45, 7) is 5.27. The van der Waals surface area contributed by atoms with E-state index >= 15 is 0 Å². The van der Waals surface area contributed by atoms with Gasteiger partial charge in [0.05, 0.1) is 5.88 Å². The van der Waals surface area contributed by atoms with Crippen molar-refractivity contribution in [3.05, 3.63) is 0 Å². The Morgan fingerprint density at radius 1 is 1.42 bits per heavy atom. The molecule has 0 atom stereocenters. The van der Waals surface area contributed by atoms with Crippen molar-refractivity contribution in [1.82, 2.24) is 5.32 Å². The summed E-state index contributed by atoms with van der Waals surface area (Å²) in [6, 6.07) is 0. The number of amides is 1. The van der Waals surface area contributed by atoms with Crippen LogP contribution in [0.5, 0.6) is 0 Å². The second kappa shape index (κ2) is 4.45. The van der Waals surface area contributed by atoms with E-state index in [-0.39, 0.29) is 17.6 Å². The lowest BCUT2D eigenvalue weighted by atomic mass is 9.89. The van der Waals surface area contributed by atoms with Crippen molar-refractivity contribution in [1.29, 1.82) is 0 Å². The van der Waals surface area contributed by atoms with Gasteiger partial charge in [0, 0.05) is 18.9 Å². The van der Waals surface area contributed by atoms with E-state index in [9.17, 15) is 9.59 Å². The van der Waals surface area contributed by atoms with E-state index in [2.05, 4.69) is 5.32 Å². The van der Waals surface area contributed by atoms with Crippen LogP contribution in [-0.2, 0) is 9.59 Å². The smallest absolute Gasteiger partial charge is 0.216 e. The Bertz CT molecular complexity index is 189. The molecule has 0 heterocycles. The second-order valence-corrected chi connectivity index (χ2v) is 3.62. The Labute approximate surface area is 77.5 Å². The first-order valence-corrected chi connectivity index (χ1v) is 4.27. The van der Waals surface area contributed by atoms with Crippen LogP contribution in [0.3, 0.4) is 0 Å². The van der Waals surface area contributed by atoms with Gasteiger partial charge in [0.2, 0.25) is 5.91 Å². The zero-order valence-electron chi connectivity index (χ0n) is 7.61. The minimum absolute atomic E-state index is 0.00736. The van der Waals surface area contributed by atoms with Gasteiger partial charge in [0.1, 0.15) is 0 Å². The van der Waals surface area contributed by atoms with E-state index in [4.69, 9.17) is 11.6 Å². The van der Waals surface area contributed by atoms with Crippen molar-refractivity contribution in [2.24, 2.45) is 5.41 Å². The zero-order chi connectivity index (χ0) is 9.78. The monoisotopic (exact) mass is 191 g/mol. The summed E-state index contributed by atoms with van der Waals surface area (Å²) in [5.41, 5.74) is -0.562. The van der Waals surface area contributed by atoms with Gasteiger partial charge in [-0.15, -0.1) is 11.6 Å². The highest BCUT2D eigenvalue weighted by Crippen LogP contribution is 2.15. The summed E-state index contributed by atoms with van der Waals surface area (Å²) >= 11 is 5.39. The lowest BCUT2D eigenvalue weighted by Gasteiger charge is -2.21. The van der Waals surface area contributed by atoms with Crippen molar-refractivity contribution < 1.29 is 9.59 Å². The van der Waals surface area contributed by atoms with E-state index in [1.54, 1.807) is 13.8 Å². The number of hydrogen-bond donors (Lipinski definition) is 1. The number of Topliss-reactive ketones (excluding diaryl/α,β-unsaturated/α-hetero) is 1. The van der Waals surface area contributed by atoms with E-state index in [0.717, 1.165) is 0 Å². The van der Waals surface area contributed by atoms with Gasteiger partial charge < -0.3 is 5.32 Å². The third-order valence-corrected chi connectivity index (χ3v) is 1.90. The van der Waals surface area contributed by atoms with Gasteiger partial charge in [-0.1, -0.05) is 13.8 Å². The molecule has 0 unspecified atom stereocenters. The maximum atomic E-state index is 11.2. The Hall–Kier alpha value is -0.570. The van der Waals surface area contributed by atoms with Crippen LogP contribution < -0.4 is 5.32 Å². The van der Waals surface area contributed by atoms with E-state index in [1.165, 1.54) is 6.92 Å². The lowest BCUT2D eigenvalue weighted by Crippen LogP contribution is -2.38. The summed E-state index contributed by atoms with van der Waals surface area (Å²) in [4.78, 5) is 21.7. The molecule has 1 N–H and O–H groups in total. The minimum atomic E-state index is -0.562. The van der Waals surface area contributed by atoms with Crippen LogP contribution >= 0.6 is 11.6 Å². The number of rotatable bonds is 4. The highest BCUT2D eigenvalue weighted by Gasteiger charge is 2.26. The number of alkyl halides is 1. The molecule has 0 fully saturated rings. The molecule has 12 heavy (non-hydrogen) atoms. The molecule has 0 aliphatic carbocycles. The number of hydrogen-bond acceptors (Lipinski definition) is 2. The third-order valence-electron chi connectivity index (χ3n) is 1.66. The van der Waals surface area contributed by atoms with Crippen molar-refractivity contribution in [3.63, 3.8) is 0 Å². The molecule has 0 bridgehead atoms. The zero-order valence-corrected chi connectivity index (χ0v) is 8.36. The average molecular weight is 192 g/mol. The second-order valence-electron chi connectivity index (χ2n) is 3.35. The maximum absolute atomic E-state index is 11.2. The van der Waals surface area contributed by atoms with Gasteiger partial charge in [0.25, 0.3) is 0 Å². The van der Waals surface area contributed by atoms with E-state index in [0.29, 0.717) is 6.54 Å². The van der Waals surface area contributed by atoms with Gasteiger partial charge in [-0.3, -0.25) is 9.59 Å². The summed E-state index contributed by atoms with van der Waals surface area (Å²) in [5, 5.41) is 2.58. The molecule has 70 valence electrons. The molecule has 3 nitrogen and oxygen atoms in total. The van der Waals surface area contributed by atoms with Gasteiger partial charge in [-0.2, -0.15) is 0 Å². The van der Waals surface area contributed by atoms with Crippen molar-refractivity contribution in [2.45, 2.75) is 20.8 Å². The first-order valence-electron chi connectivity index (χ1n) is 3.74. The van der Waals surface area contributed by atoms with E-state index in [1.807, 2.05) is 0 Å². The molecule has 0 saturated carbocycles. The highest BCUT2D eigenvalue weighted by molar-refractivity contribution is 6.28.